The Kier molecular flexibility index (Phi) is 63.7. The summed E-state index contributed by atoms with van der Waals surface area (Å²) >= 11 is 0. The summed E-state index contributed by atoms with van der Waals surface area (Å²) in [7, 11) is 0. The summed E-state index contributed by atoms with van der Waals surface area (Å²) in [5.74, 6) is -0.930. The summed E-state index contributed by atoms with van der Waals surface area (Å²) < 4.78 is 16.9. The molecule has 6 heteroatoms. The lowest BCUT2D eigenvalue weighted by Gasteiger charge is -2.18. The second kappa shape index (κ2) is 66.4. The first-order valence-electron chi connectivity index (χ1n) is 33.9. The van der Waals surface area contributed by atoms with Crippen LogP contribution in [0.4, 0.5) is 0 Å². The van der Waals surface area contributed by atoms with Gasteiger partial charge in [0.15, 0.2) is 6.10 Å². The summed E-state index contributed by atoms with van der Waals surface area (Å²) in [6.07, 6.45) is 86.7. The van der Waals surface area contributed by atoms with E-state index < -0.39 is 6.10 Å². The van der Waals surface area contributed by atoms with Crippen LogP contribution in [0.3, 0.4) is 0 Å². The van der Waals surface area contributed by atoms with E-state index in [1.165, 1.54) is 218 Å². The Morgan fingerprint density at radius 3 is 0.846 bits per heavy atom. The Labute approximate surface area is 484 Å². The first-order valence-corrected chi connectivity index (χ1v) is 33.9. The Hall–Kier alpha value is -3.15. The molecule has 452 valence electrons. The molecular formula is C72H128O6. The average molecular weight is 1090 g/mol. The van der Waals surface area contributed by atoms with Crippen LogP contribution in [0.1, 0.15) is 348 Å². The van der Waals surface area contributed by atoms with E-state index in [4.69, 9.17) is 14.2 Å². The van der Waals surface area contributed by atoms with E-state index in [2.05, 4.69) is 93.7 Å². The molecule has 0 aliphatic heterocycles. The monoisotopic (exact) mass is 1090 g/mol. The summed E-state index contributed by atoms with van der Waals surface area (Å²) in [6.45, 7) is 6.49. The summed E-state index contributed by atoms with van der Waals surface area (Å²) in [6, 6.07) is 0. The number of allylic oxidation sites excluding steroid dienone is 12. The highest BCUT2D eigenvalue weighted by Crippen LogP contribution is 2.17. The van der Waals surface area contributed by atoms with E-state index in [9.17, 15) is 14.4 Å². The molecule has 0 aromatic rings. The topological polar surface area (TPSA) is 78.9 Å². The van der Waals surface area contributed by atoms with Crippen LogP contribution in [0.2, 0.25) is 0 Å². The molecule has 1 atom stereocenters. The van der Waals surface area contributed by atoms with Gasteiger partial charge in [-0.05, 0) is 109 Å². The highest BCUT2D eigenvalue weighted by molar-refractivity contribution is 5.71. The molecule has 0 saturated heterocycles. The van der Waals surface area contributed by atoms with Crippen molar-refractivity contribution >= 4 is 17.9 Å². The Morgan fingerprint density at radius 1 is 0.269 bits per heavy atom. The first-order chi connectivity index (χ1) is 38.5. The lowest BCUT2D eigenvalue weighted by molar-refractivity contribution is -0.167. The van der Waals surface area contributed by atoms with Gasteiger partial charge in [-0.2, -0.15) is 0 Å². The van der Waals surface area contributed by atoms with E-state index in [-0.39, 0.29) is 37.5 Å². The van der Waals surface area contributed by atoms with Crippen LogP contribution >= 0.6 is 0 Å². The number of unbranched alkanes of at least 4 members (excludes halogenated alkanes) is 39. The second-order valence-electron chi connectivity index (χ2n) is 22.7. The number of hydrogen-bond acceptors (Lipinski definition) is 6. The van der Waals surface area contributed by atoms with Gasteiger partial charge >= 0.3 is 17.9 Å². The van der Waals surface area contributed by atoms with Crippen molar-refractivity contribution in [2.75, 3.05) is 13.2 Å². The molecule has 0 rings (SSSR count). The number of rotatable bonds is 62. The van der Waals surface area contributed by atoms with Crippen molar-refractivity contribution in [1.82, 2.24) is 0 Å². The van der Waals surface area contributed by atoms with Crippen molar-refractivity contribution in [3.8, 4) is 0 Å². The molecule has 0 amide bonds. The molecule has 1 unspecified atom stereocenters. The highest BCUT2D eigenvalue weighted by atomic mass is 16.6. The van der Waals surface area contributed by atoms with Crippen molar-refractivity contribution in [3.63, 3.8) is 0 Å². The van der Waals surface area contributed by atoms with Crippen LogP contribution < -0.4 is 0 Å². The molecule has 0 heterocycles. The predicted molar refractivity (Wildman–Crippen MR) is 339 cm³/mol. The molecule has 0 aliphatic carbocycles. The van der Waals surface area contributed by atoms with Gasteiger partial charge in [0.05, 0.1) is 0 Å². The number of esters is 3. The van der Waals surface area contributed by atoms with Crippen molar-refractivity contribution in [3.05, 3.63) is 72.9 Å². The molecular weight excluding hydrogens is 961 g/mol. The molecule has 0 radical (unpaired) electrons. The van der Waals surface area contributed by atoms with Crippen LogP contribution in [0, 0.1) is 0 Å². The molecule has 0 aromatic carbocycles. The predicted octanol–water partition coefficient (Wildman–Crippen LogP) is 23.3. The molecule has 6 nitrogen and oxygen atoms in total. The summed E-state index contributed by atoms with van der Waals surface area (Å²) in [5.41, 5.74) is 0. The summed E-state index contributed by atoms with van der Waals surface area (Å²) in [4.78, 5) is 38.2. The van der Waals surface area contributed by atoms with Gasteiger partial charge in [0.2, 0.25) is 0 Å². The van der Waals surface area contributed by atoms with E-state index in [1.807, 2.05) is 0 Å². The Balaban J connectivity index is 4.11. The average Bonchev–Trinajstić information content (AvgIpc) is 3.44. The quantitative estimate of drug-likeness (QED) is 0.0261. The third kappa shape index (κ3) is 63.7. The third-order valence-electron chi connectivity index (χ3n) is 14.9. The van der Waals surface area contributed by atoms with E-state index >= 15 is 0 Å². The lowest BCUT2D eigenvalue weighted by Crippen LogP contribution is -2.30. The van der Waals surface area contributed by atoms with Gasteiger partial charge in [-0.3, -0.25) is 14.4 Å². The minimum atomic E-state index is -0.799. The maximum Gasteiger partial charge on any atom is 0.306 e. The first kappa shape index (κ1) is 74.8. The Morgan fingerprint density at radius 2 is 0.500 bits per heavy atom. The van der Waals surface area contributed by atoms with Gasteiger partial charge in [-0.25, -0.2) is 0 Å². The largest absolute Gasteiger partial charge is 0.462 e. The smallest absolute Gasteiger partial charge is 0.306 e. The van der Waals surface area contributed by atoms with E-state index in [1.54, 1.807) is 0 Å². The van der Waals surface area contributed by atoms with Crippen molar-refractivity contribution < 1.29 is 28.6 Å². The number of carbonyl (C=O) groups excluding carboxylic acids is 3. The molecule has 0 N–H and O–H groups in total. The fourth-order valence-electron chi connectivity index (χ4n) is 9.84. The van der Waals surface area contributed by atoms with Crippen LogP contribution in [0.5, 0.6) is 0 Å². The third-order valence-corrected chi connectivity index (χ3v) is 14.9. The molecule has 0 fully saturated rings. The van der Waals surface area contributed by atoms with Gasteiger partial charge in [0.25, 0.3) is 0 Å². The zero-order valence-corrected chi connectivity index (χ0v) is 51.9. The SMILES string of the molecule is CC/C=C\C/C=C\C/C=C\C/C=C\CCCCC(=O)OC(COC(=O)CCCCCCC/C=C\CCCCC)COC(=O)CCCCCCCCCCCCCCCCCCCCCCC/C=C\CCCCCCCCCC. The second-order valence-corrected chi connectivity index (χ2v) is 22.7. The highest BCUT2D eigenvalue weighted by Gasteiger charge is 2.19. The fourth-order valence-corrected chi connectivity index (χ4v) is 9.84. The van der Waals surface area contributed by atoms with Crippen LogP contribution in [-0.2, 0) is 28.6 Å². The van der Waals surface area contributed by atoms with Gasteiger partial charge in [-0.15, -0.1) is 0 Å². The molecule has 0 aromatic heterocycles. The normalized spacial score (nSPS) is 12.5. The standard InChI is InChI=1S/C72H128O6/c1-4-7-10-13-16-19-22-25-27-28-29-30-31-32-33-34-35-36-37-38-39-40-41-42-43-44-46-47-50-53-56-59-62-65-71(74)77-68-69(67-76-70(73)64-61-58-55-52-49-24-21-18-15-12-9-6-3)78-72(75)66-63-60-57-54-51-48-45-26-23-20-17-14-11-8-5-2/h8,11,17-18,20-21,26,28-29,45,51,54,69H,4-7,9-10,12-16,19,22-25,27,30-44,46-50,52-53,55-68H2,1-3H3/b11-8-,20-17-,21-18-,29-28-,45-26-,54-51-. The fraction of sp³-hybridized carbons (Fsp3) is 0.792. The van der Waals surface area contributed by atoms with Gasteiger partial charge in [0, 0.05) is 19.3 Å². The van der Waals surface area contributed by atoms with E-state index in [0.29, 0.717) is 19.3 Å². The van der Waals surface area contributed by atoms with E-state index in [0.717, 1.165) is 83.5 Å². The summed E-state index contributed by atoms with van der Waals surface area (Å²) in [5, 5.41) is 0. The molecule has 0 aliphatic rings. The zero-order valence-electron chi connectivity index (χ0n) is 51.9. The lowest BCUT2D eigenvalue weighted by atomic mass is 10.0. The maximum atomic E-state index is 12.9. The van der Waals surface area contributed by atoms with Crippen LogP contribution in [0.25, 0.3) is 0 Å². The Bertz CT molecular complexity index is 1440. The number of carbonyl (C=O) groups is 3. The number of ether oxygens (including phenoxy) is 3. The van der Waals surface area contributed by atoms with Crippen LogP contribution in [-0.4, -0.2) is 37.2 Å². The van der Waals surface area contributed by atoms with Crippen LogP contribution in [0.15, 0.2) is 72.9 Å². The van der Waals surface area contributed by atoms with Crippen molar-refractivity contribution in [2.24, 2.45) is 0 Å². The molecule has 0 saturated carbocycles. The molecule has 0 bridgehead atoms. The molecule has 0 spiro atoms. The molecule has 78 heavy (non-hydrogen) atoms. The van der Waals surface area contributed by atoms with Crippen molar-refractivity contribution in [1.29, 1.82) is 0 Å². The minimum Gasteiger partial charge on any atom is -0.462 e. The van der Waals surface area contributed by atoms with Gasteiger partial charge in [-0.1, -0.05) is 293 Å². The minimum absolute atomic E-state index is 0.0921. The van der Waals surface area contributed by atoms with Gasteiger partial charge in [0.1, 0.15) is 13.2 Å². The van der Waals surface area contributed by atoms with Crippen molar-refractivity contribution in [2.45, 2.75) is 354 Å². The maximum absolute atomic E-state index is 12.9. The number of hydrogen-bond donors (Lipinski definition) is 0. The van der Waals surface area contributed by atoms with Gasteiger partial charge < -0.3 is 14.2 Å². The zero-order chi connectivity index (χ0) is 56.4.